The SMILES string of the molecule is CCC(C)(N(NC(=O)c1ccc(Br)c(OCC#N)c1C)C(=O)c1cc(C)cc(C)c1)C(C)(C)C. The number of ether oxygens (including phenoxy) is 1. The molecule has 7 heteroatoms. The molecule has 1 N–H and O–H groups in total. The number of nitriles is 1. The Hall–Kier alpha value is -2.85. The molecule has 1 unspecified atom stereocenters. The van der Waals surface area contributed by atoms with E-state index in [1.807, 2.05) is 52.0 Å². The number of nitrogens with one attached hydrogen (secondary N) is 1. The minimum Gasteiger partial charge on any atom is -0.477 e. The number of hydrogen-bond acceptors (Lipinski definition) is 4. The van der Waals surface area contributed by atoms with Crippen LogP contribution in [0.3, 0.4) is 0 Å². The summed E-state index contributed by atoms with van der Waals surface area (Å²) in [7, 11) is 0. The Labute approximate surface area is 211 Å². The summed E-state index contributed by atoms with van der Waals surface area (Å²) in [6.45, 7) is 15.7. The van der Waals surface area contributed by atoms with Crippen molar-refractivity contribution >= 4 is 27.7 Å². The zero-order valence-corrected chi connectivity index (χ0v) is 22.9. The monoisotopic (exact) mass is 527 g/mol. The molecule has 6 nitrogen and oxygen atoms in total. The zero-order valence-electron chi connectivity index (χ0n) is 21.3. The van der Waals surface area contributed by atoms with E-state index < -0.39 is 11.4 Å². The number of rotatable bonds is 6. The highest BCUT2D eigenvalue weighted by molar-refractivity contribution is 9.10. The fourth-order valence-corrected chi connectivity index (χ4v) is 4.54. The Balaban J connectivity index is 2.58. The minimum absolute atomic E-state index is 0.139. The van der Waals surface area contributed by atoms with Gasteiger partial charge >= 0.3 is 0 Å². The Bertz CT molecular complexity index is 1110. The summed E-state index contributed by atoms with van der Waals surface area (Å²) in [5.74, 6) is -0.265. The second-order valence-electron chi connectivity index (χ2n) is 9.83. The van der Waals surface area contributed by atoms with Gasteiger partial charge in [-0.05, 0) is 79.7 Å². The standard InChI is InChI=1S/C27H34BrN3O3/c1-9-27(8,26(5,6)7)31(25(33)20-15-17(2)14-18(3)16-20)30-24(32)21-10-11-22(28)23(19(21)4)34-13-12-29/h10-11,14-16H,9,13H2,1-8H3,(H,30,32). The van der Waals surface area contributed by atoms with Gasteiger partial charge in [0.15, 0.2) is 6.61 Å². The van der Waals surface area contributed by atoms with Crippen LogP contribution < -0.4 is 10.2 Å². The second kappa shape index (κ2) is 10.6. The maximum atomic E-state index is 13.9. The van der Waals surface area contributed by atoms with Crippen molar-refractivity contribution in [2.75, 3.05) is 6.61 Å². The average molecular weight is 528 g/mol. The molecule has 182 valence electrons. The molecule has 2 aromatic carbocycles. The maximum absolute atomic E-state index is 13.9. The molecule has 2 rings (SSSR count). The smallest absolute Gasteiger partial charge is 0.272 e. The van der Waals surface area contributed by atoms with E-state index in [4.69, 9.17) is 10.00 Å². The third-order valence-electron chi connectivity index (χ3n) is 6.57. The summed E-state index contributed by atoms with van der Waals surface area (Å²) < 4.78 is 6.18. The lowest BCUT2D eigenvalue weighted by Gasteiger charge is -2.49. The first-order valence-corrected chi connectivity index (χ1v) is 12.1. The van der Waals surface area contributed by atoms with Crippen LogP contribution in [0.2, 0.25) is 0 Å². The van der Waals surface area contributed by atoms with Gasteiger partial charge in [0, 0.05) is 16.7 Å². The first kappa shape index (κ1) is 27.4. The van der Waals surface area contributed by atoms with Crippen LogP contribution in [0.25, 0.3) is 0 Å². The minimum atomic E-state index is -0.680. The highest BCUT2D eigenvalue weighted by Crippen LogP contribution is 2.39. The van der Waals surface area contributed by atoms with Gasteiger partial charge in [-0.1, -0.05) is 44.9 Å². The van der Waals surface area contributed by atoms with E-state index in [-0.39, 0.29) is 17.9 Å². The predicted octanol–water partition coefficient (Wildman–Crippen LogP) is 6.28. The molecule has 34 heavy (non-hydrogen) atoms. The first-order valence-electron chi connectivity index (χ1n) is 11.3. The molecule has 0 fully saturated rings. The molecular formula is C27H34BrN3O3. The van der Waals surface area contributed by atoms with Gasteiger partial charge < -0.3 is 4.74 Å². The first-order chi connectivity index (χ1) is 15.8. The molecule has 0 radical (unpaired) electrons. The van der Waals surface area contributed by atoms with Gasteiger partial charge in [0.1, 0.15) is 11.8 Å². The topological polar surface area (TPSA) is 82.4 Å². The van der Waals surface area contributed by atoms with Crippen LogP contribution >= 0.6 is 15.9 Å². The van der Waals surface area contributed by atoms with E-state index in [2.05, 4.69) is 42.1 Å². The van der Waals surface area contributed by atoms with Crippen molar-refractivity contribution in [2.45, 2.75) is 67.3 Å². The normalized spacial score (nSPS) is 12.9. The third-order valence-corrected chi connectivity index (χ3v) is 7.19. The third kappa shape index (κ3) is 5.61. The lowest BCUT2D eigenvalue weighted by molar-refractivity contribution is -0.0166. The Morgan fingerprint density at radius 2 is 1.68 bits per heavy atom. The number of carbonyl (C=O) groups is 2. The molecule has 0 aromatic heterocycles. The van der Waals surface area contributed by atoms with Gasteiger partial charge in [-0.3, -0.25) is 15.0 Å². The summed E-state index contributed by atoms with van der Waals surface area (Å²) >= 11 is 3.42. The molecule has 2 aromatic rings. The number of hydrogen-bond donors (Lipinski definition) is 1. The Morgan fingerprint density at radius 1 is 1.09 bits per heavy atom. The molecule has 0 heterocycles. The summed E-state index contributed by atoms with van der Waals surface area (Å²) in [5, 5.41) is 10.4. The molecule has 0 spiro atoms. The van der Waals surface area contributed by atoms with Gasteiger partial charge in [0.05, 0.1) is 10.0 Å². The Kier molecular flexibility index (Phi) is 8.54. The van der Waals surface area contributed by atoms with Crippen LogP contribution in [0.4, 0.5) is 0 Å². The van der Waals surface area contributed by atoms with E-state index in [0.717, 1.165) is 11.1 Å². The van der Waals surface area contributed by atoms with E-state index in [1.165, 1.54) is 5.01 Å². The van der Waals surface area contributed by atoms with Gasteiger partial charge in [-0.25, -0.2) is 5.01 Å². The van der Waals surface area contributed by atoms with Crippen LogP contribution in [0.1, 0.15) is 78.4 Å². The zero-order chi connectivity index (χ0) is 25.8. The van der Waals surface area contributed by atoms with E-state index in [0.29, 0.717) is 33.3 Å². The molecule has 1 atom stereocenters. The molecule has 0 aliphatic carbocycles. The molecule has 0 saturated carbocycles. The van der Waals surface area contributed by atoms with Crippen LogP contribution in [0.15, 0.2) is 34.8 Å². The van der Waals surface area contributed by atoms with Crippen molar-refractivity contribution in [3.8, 4) is 11.8 Å². The highest BCUT2D eigenvalue weighted by Gasteiger charge is 2.45. The fraction of sp³-hybridized carbons (Fsp3) is 0.444. The number of carbonyl (C=O) groups excluding carboxylic acids is 2. The number of aryl methyl sites for hydroxylation is 2. The van der Waals surface area contributed by atoms with Crippen molar-refractivity contribution in [1.82, 2.24) is 10.4 Å². The van der Waals surface area contributed by atoms with Crippen LogP contribution in [0, 0.1) is 37.5 Å². The largest absolute Gasteiger partial charge is 0.477 e. The van der Waals surface area contributed by atoms with E-state index in [9.17, 15) is 9.59 Å². The van der Waals surface area contributed by atoms with Gasteiger partial charge in [0.25, 0.3) is 11.8 Å². The van der Waals surface area contributed by atoms with Gasteiger partial charge in [-0.2, -0.15) is 5.26 Å². The maximum Gasteiger partial charge on any atom is 0.272 e. The van der Waals surface area contributed by atoms with Crippen LogP contribution in [-0.4, -0.2) is 29.0 Å². The predicted molar refractivity (Wildman–Crippen MR) is 138 cm³/mol. The second-order valence-corrected chi connectivity index (χ2v) is 10.7. The summed E-state index contributed by atoms with van der Waals surface area (Å²) in [6, 6.07) is 11.0. The number of benzene rings is 2. The number of hydrazine groups is 1. The summed E-state index contributed by atoms with van der Waals surface area (Å²) in [5.41, 5.74) is 5.33. The molecule has 0 aliphatic rings. The molecule has 2 amide bonds. The average Bonchev–Trinajstić information content (AvgIpc) is 2.74. The molecule has 0 aliphatic heterocycles. The number of halogens is 1. The van der Waals surface area contributed by atoms with Crippen LogP contribution in [0.5, 0.6) is 5.75 Å². The van der Waals surface area contributed by atoms with Crippen molar-refractivity contribution in [3.05, 3.63) is 62.6 Å². The van der Waals surface area contributed by atoms with Gasteiger partial charge in [0.2, 0.25) is 0 Å². The molecule has 0 bridgehead atoms. The van der Waals surface area contributed by atoms with Crippen molar-refractivity contribution in [3.63, 3.8) is 0 Å². The fourth-order valence-electron chi connectivity index (χ4n) is 4.00. The van der Waals surface area contributed by atoms with Crippen molar-refractivity contribution in [2.24, 2.45) is 5.41 Å². The van der Waals surface area contributed by atoms with E-state index in [1.54, 1.807) is 19.1 Å². The molecule has 0 saturated heterocycles. The van der Waals surface area contributed by atoms with Crippen LogP contribution in [-0.2, 0) is 0 Å². The summed E-state index contributed by atoms with van der Waals surface area (Å²) in [6.07, 6.45) is 0.628. The van der Waals surface area contributed by atoms with Gasteiger partial charge in [-0.15, -0.1) is 0 Å². The van der Waals surface area contributed by atoms with Crippen molar-refractivity contribution in [1.29, 1.82) is 5.26 Å². The lowest BCUT2D eigenvalue weighted by Crippen LogP contribution is -2.63. The van der Waals surface area contributed by atoms with Crippen molar-refractivity contribution < 1.29 is 14.3 Å². The van der Waals surface area contributed by atoms with E-state index >= 15 is 0 Å². The lowest BCUT2D eigenvalue weighted by atomic mass is 9.72. The quantitative estimate of drug-likeness (QED) is 0.448. The highest BCUT2D eigenvalue weighted by atomic mass is 79.9. The summed E-state index contributed by atoms with van der Waals surface area (Å²) in [4.78, 5) is 27.4. The molecular weight excluding hydrogens is 494 g/mol. The number of amides is 2. The number of nitrogens with zero attached hydrogens (tertiary/aromatic N) is 2. The Morgan fingerprint density at radius 3 is 2.18 bits per heavy atom.